The number of hydrogen-bond donors (Lipinski definition) is 0. The third-order valence-electron chi connectivity index (χ3n) is 3.57. The average molecular weight is 394 g/mol. The van der Waals surface area contributed by atoms with Gasteiger partial charge in [-0.3, -0.25) is 0 Å². The molecule has 0 radical (unpaired) electrons. The molecule has 2 aromatic carbocycles. The van der Waals surface area contributed by atoms with Gasteiger partial charge in [-0.1, -0.05) is 13.0 Å². The molecule has 2 rings (SSSR count). The van der Waals surface area contributed by atoms with E-state index in [-0.39, 0.29) is 12.4 Å². The first-order chi connectivity index (χ1) is 13.3. The number of allylic oxidation sites excluding steroid dienone is 1. The van der Waals surface area contributed by atoms with Crippen LogP contribution in [0.3, 0.4) is 0 Å². The van der Waals surface area contributed by atoms with Gasteiger partial charge >= 0.3 is 12.1 Å². The predicted octanol–water partition coefficient (Wildman–Crippen LogP) is 5.77. The number of ether oxygens (including phenoxy) is 3. The second kappa shape index (κ2) is 9.82. The zero-order valence-corrected chi connectivity index (χ0v) is 15.5. The van der Waals surface area contributed by atoms with Crippen LogP contribution in [0, 0.1) is 0 Å². The molecule has 0 heterocycles. The lowest BCUT2D eigenvalue weighted by molar-refractivity contribution is -0.149. The molecule has 1 unspecified atom stereocenters. The Labute approximate surface area is 161 Å². The van der Waals surface area contributed by atoms with Crippen LogP contribution in [0.25, 0.3) is 0 Å². The molecule has 0 saturated carbocycles. The van der Waals surface area contributed by atoms with Gasteiger partial charge < -0.3 is 14.2 Å². The van der Waals surface area contributed by atoms with Gasteiger partial charge in [0.15, 0.2) is 0 Å². The largest absolute Gasteiger partial charge is 0.475 e. The van der Waals surface area contributed by atoms with Crippen LogP contribution in [0.2, 0.25) is 0 Å². The van der Waals surface area contributed by atoms with E-state index in [1.54, 1.807) is 37.3 Å². The molecule has 2 aromatic rings. The van der Waals surface area contributed by atoms with Gasteiger partial charge in [-0.15, -0.1) is 0 Å². The van der Waals surface area contributed by atoms with E-state index in [1.165, 1.54) is 12.1 Å². The SMILES string of the molecule is CCC=CC(Oc1ccc(Oc2ccc(C(F)(F)F)cc2)cc1)C(=O)OCC. The first kappa shape index (κ1) is 21.3. The molecule has 0 saturated heterocycles. The number of rotatable bonds is 8. The Hall–Kier alpha value is -2.96. The van der Waals surface area contributed by atoms with E-state index in [0.717, 1.165) is 18.6 Å². The second-order valence-electron chi connectivity index (χ2n) is 5.72. The number of carbonyl (C=O) groups is 1. The summed E-state index contributed by atoms with van der Waals surface area (Å²) in [7, 11) is 0. The fourth-order valence-corrected chi connectivity index (χ4v) is 2.23. The average Bonchev–Trinajstić information content (AvgIpc) is 2.66. The molecule has 0 fully saturated rings. The number of halogens is 3. The minimum atomic E-state index is -4.39. The van der Waals surface area contributed by atoms with Gasteiger partial charge in [0.05, 0.1) is 12.2 Å². The normalized spacial score (nSPS) is 12.6. The van der Waals surface area contributed by atoms with Crippen molar-refractivity contribution in [1.82, 2.24) is 0 Å². The zero-order valence-electron chi connectivity index (χ0n) is 15.5. The number of esters is 1. The fourth-order valence-electron chi connectivity index (χ4n) is 2.23. The minimum absolute atomic E-state index is 0.249. The van der Waals surface area contributed by atoms with Gasteiger partial charge in [0.2, 0.25) is 6.10 Å². The number of alkyl halides is 3. The number of benzene rings is 2. The molecule has 1 atom stereocenters. The highest BCUT2D eigenvalue weighted by Gasteiger charge is 2.30. The third kappa shape index (κ3) is 6.33. The molecule has 0 spiro atoms. The van der Waals surface area contributed by atoms with Crippen molar-refractivity contribution >= 4 is 5.97 Å². The molecule has 0 aliphatic carbocycles. The predicted molar refractivity (Wildman–Crippen MR) is 98.4 cm³/mol. The molecule has 4 nitrogen and oxygen atoms in total. The van der Waals surface area contributed by atoms with Gasteiger partial charge in [-0.05, 0) is 68.0 Å². The summed E-state index contributed by atoms with van der Waals surface area (Å²) in [6.45, 7) is 3.90. The van der Waals surface area contributed by atoms with Crippen molar-refractivity contribution in [1.29, 1.82) is 0 Å². The van der Waals surface area contributed by atoms with E-state index in [9.17, 15) is 18.0 Å². The van der Waals surface area contributed by atoms with Gasteiger partial charge in [0.1, 0.15) is 17.2 Å². The highest BCUT2D eigenvalue weighted by atomic mass is 19.4. The van der Waals surface area contributed by atoms with Gasteiger partial charge in [0, 0.05) is 0 Å². The molecule has 28 heavy (non-hydrogen) atoms. The Morgan fingerprint density at radius 3 is 2.00 bits per heavy atom. The number of carbonyl (C=O) groups excluding carboxylic acids is 1. The summed E-state index contributed by atoms with van der Waals surface area (Å²) in [5, 5.41) is 0. The van der Waals surface area contributed by atoms with Crippen molar-refractivity contribution in [2.24, 2.45) is 0 Å². The lowest BCUT2D eigenvalue weighted by Gasteiger charge is -2.15. The monoisotopic (exact) mass is 394 g/mol. The molecule has 0 amide bonds. The smallest absolute Gasteiger partial charge is 0.416 e. The molecular formula is C21H21F3O4. The van der Waals surface area contributed by atoms with Gasteiger partial charge in [-0.2, -0.15) is 13.2 Å². The van der Waals surface area contributed by atoms with Crippen LogP contribution in [-0.2, 0) is 15.7 Å². The van der Waals surface area contributed by atoms with Crippen molar-refractivity contribution in [2.75, 3.05) is 6.61 Å². The Kier molecular flexibility index (Phi) is 7.49. The Balaban J connectivity index is 2.03. The summed E-state index contributed by atoms with van der Waals surface area (Å²) in [4.78, 5) is 12.0. The molecule has 0 aliphatic heterocycles. The van der Waals surface area contributed by atoms with Crippen molar-refractivity contribution < 1.29 is 32.2 Å². The zero-order chi connectivity index (χ0) is 20.6. The molecule has 0 aromatic heterocycles. The summed E-state index contributed by atoms with van der Waals surface area (Å²) >= 11 is 0. The minimum Gasteiger partial charge on any atom is -0.475 e. The summed E-state index contributed by atoms with van der Waals surface area (Å²) < 4.78 is 53.9. The van der Waals surface area contributed by atoms with Crippen molar-refractivity contribution in [3.05, 3.63) is 66.2 Å². The standard InChI is InChI=1S/C21H21F3O4/c1-3-5-6-19(20(25)26-4-2)28-18-13-11-17(12-14-18)27-16-9-7-15(8-10-16)21(22,23)24/h5-14,19H,3-4H2,1-2H3. The summed E-state index contributed by atoms with van der Waals surface area (Å²) in [5.41, 5.74) is -0.742. The van der Waals surface area contributed by atoms with Gasteiger partial charge in [-0.25, -0.2) is 4.79 Å². The van der Waals surface area contributed by atoms with E-state index in [0.29, 0.717) is 11.5 Å². The van der Waals surface area contributed by atoms with Crippen LogP contribution in [0.1, 0.15) is 25.8 Å². The lowest BCUT2D eigenvalue weighted by atomic mass is 10.2. The maximum absolute atomic E-state index is 12.6. The maximum Gasteiger partial charge on any atom is 0.416 e. The van der Waals surface area contributed by atoms with E-state index >= 15 is 0 Å². The quantitative estimate of drug-likeness (QED) is 0.421. The van der Waals surface area contributed by atoms with E-state index in [2.05, 4.69) is 0 Å². The first-order valence-corrected chi connectivity index (χ1v) is 8.78. The van der Waals surface area contributed by atoms with E-state index in [4.69, 9.17) is 14.2 Å². The number of hydrogen-bond acceptors (Lipinski definition) is 4. The Bertz CT molecular complexity index is 781. The fraction of sp³-hybridized carbons (Fsp3) is 0.286. The van der Waals surface area contributed by atoms with Crippen LogP contribution in [0.5, 0.6) is 17.2 Å². The molecule has 0 aliphatic rings. The highest BCUT2D eigenvalue weighted by molar-refractivity contribution is 5.77. The van der Waals surface area contributed by atoms with E-state index in [1.807, 2.05) is 13.0 Å². The van der Waals surface area contributed by atoms with Crippen molar-refractivity contribution in [3.63, 3.8) is 0 Å². The second-order valence-corrected chi connectivity index (χ2v) is 5.72. The van der Waals surface area contributed by atoms with Gasteiger partial charge in [0.25, 0.3) is 0 Å². The third-order valence-corrected chi connectivity index (χ3v) is 3.57. The van der Waals surface area contributed by atoms with Crippen LogP contribution in [0.15, 0.2) is 60.7 Å². The van der Waals surface area contributed by atoms with Crippen LogP contribution in [0.4, 0.5) is 13.2 Å². The van der Waals surface area contributed by atoms with Crippen LogP contribution < -0.4 is 9.47 Å². The highest BCUT2D eigenvalue weighted by Crippen LogP contribution is 2.31. The topological polar surface area (TPSA) is 44.8 Å². The summed E-state index contributed by atoms with van der Waals surface area (Å²) in [6.07, 6.45) is -1.06. The molecule has 0 bridgehead atoms. The summed E-state index contributed by atoms with van der Waals surface area (Å²) in [5.74, 6) is 0.636. The Morgan fingerprint density at radius 2 is 1.50 bits per heavy atom. The molecular weight excluding hydrogens is 373 g/mol. The molecule has 7 heteroatoms. The Morgan fingerprint density at radius 1 is 0.964 bits per heavy atom. The first-order valence-electron chi connectivity index (χ1n) is 8.78. The molecule has 150 valence electrons. The van der Waals surface area contributed by atoms with Crippen LogP contribution >= 0.6 is 0 Å². The maximum atomic E-state index is 12.6. The van der Waals surface area contributed by atoms with Crippen molar-refractivity contribution in [2.45, 2.75) is 32.5 Å². The summed E-state index contributed by atoms with van der Waals surface area (Å²) in [6, 6.07) is 10.8. The van der Waals surface area contributed by atoms with Crippen LogP contribution in [-0.4, -0.2) is 18.7 Å². The lowest BCUT2D eigenvalue weighted by Crippen LogP contribution is -2.27. The van der Waals surface area contributed by atoms with Crippen molar-refractivity contribution in [3.8, 4) is 17.2 Å². The molecule has 0 N–H and O–H groups in total. The van der Waals surface area contributed by atoms with E-state index < -0.39 is 23.8 Å².